The van der Waals surface area contributed by atoms with E-state index in [0.717, 1.165) is 50.3 Å². The molecular formula is C57H39N5. The van der Waals surface area contributed by atoms with Gasteiger partial charge in [-0.25, -0.2) is 9.98 Å². The molecule has 1 N–H and O–H groups in total. The van der Waals surface area contributed by atoms with Gasteiger partial charge in [-0.3, -0.25) is 0 Å². The summed E-state index contributed by atoms with van der Waals surface area (Å²) in [4.78, 5) is 10.6. The summed E-state index contributed by atoms with van der Waals surface area (Å²) in [5, 5.41) is 8.56. The topological polar surface area (TPSA) is 46.6 Å². The first-order valence-corrected chi connectivity index (χ1v) is 21.1. The van der Waals surface area contributed by atoms with Crippen molar-refractivity contribution in [1.82, 2.24) is 14.5 Å². The highest BCUT2D eigenvalue weighted by atomic mass is 15.3. The van der Waals surface area contributed by atoms with Gasteiger partial charge in [-0.2, -0.15) is 0 Å². The fraction of sp³-hybridized carbons (Fsp3) is 0.0175. The number of aromatic nitrogens is 2. The van der Waals surface area contributed by atoms with Crippen molar-refractivity contribution in [2.75, 3.05) is 0 Å². The third kappa shape index (κ3) is 5.94. The van der Waals surface area contributed by atoms with Crippen molar-refractivity contribution >= 4 is 55.3 Å². The molecule has 12 rings (SSSR count). The van der Waals surface area contributed by atoms with Crippen molar-refractivity contribution in [2.24, 2.45) is 9.98 Å². The summed E-state index contributed by atoms with van der Waals surface area (Å²) in [5.74, 6) is 1.46. The predicted molar refractivity (Wildman–Crippen MR) is 258 cm³/mol. The Balaban J connectivity index is 1.10. The van der Waals surface area contributed by atoms with Crippen LogP contribution >= 0.6 is 0 Å². The maximum absolute atomic E-state index is 5.41. The molecule has 0 saturated carbocycles. The summed E-state index contributed by atoms with van der Waals surface area (Å²) in [6.45, 7) is 0. The minimum atomic E-state index is -0.495. The van der Waals surface area contributed by atoms with E-state index in [1.165, 1.54) is 49.4 Å². The number of fused-ring (bicyclic) bond motifs is 6. The van der Waals surface area contributed by atoms with Crippen molar-refractivity contribution in [3.63, 3.8) is 0 Å². The van der Waals surface area contributed by atoms with E-state index in [4.69, 9.17) is 9.98 Å². The molecule has 3 heterocycles. The number of hydrogen-bond acceptors (Lipinski definition) is 3. The number of rotatable bonds is 7. The van der Waals surface area contributed by atoms with E-state index in [2.05, 4.69) is 215 Å². The second-order valence-corrected chi connectivity index (χ2v) is 15.8. The Labute approximate surface area is 359 Å². The monoisotopic (exact) mass is 793 g/mol. The molecule has 1 aliphatic rings. The highest BCUT2D eigenvalue weighted by Crippen LogP contribution is 2.44. The van der Waals surface area contributed by atoms with Crippen LogP contribution in [-0.4, -0.2) is 20.8 Å². The summed E-state index contributed by atoms with van der Waals surface area (Å²) in [6, 6.07) is 79.9. The molecule has 0 aliphatic carbocycles. The van der Waals surface area contributed by atoms with E-state index in [0.29, 0.717) is 5.84 Å². The number of aliphatic imine (C=N–C) groups is 2. The molecule has 0 spiro atoms. The lowest BCUT2D eigenvalue weighted by atomic mass is 9.93. The molecule has 0 fully saturated rings. The zero-order valence-electron chi connectivity index (χ0n) is 33.7. The molecule has 1 unspecified atom stereocenters. The van der Waals surface area contributed by atoms with Gasteiger partial charge in [-0.05, 0) is 58.1 Å². The molecule has 0 saturated heterocycles. The zero-order valence-corrected chi connectivity index (χ0v) is 33.7. The van der Waals surface area contributed by atoms with Crippen LogP contribution < -0.4 is 5.32 Å². The highest BCUT2D eigenvalue weighted by Gasteiger charge is 2.26. The standard InChI is InChI=1S/C57H39N5/c1-5-18-38(19-6-1)39-32-34-43(35-33-39)56-58-55(42-24-11-4-12-25-42)59-57(60-56)62-50-30-16-14-27-46(50)48-36-47-45-26-13-15-29-49(45)61(52(47)37-53(48)62)51-31-17-28-44(40-20-7-2-8-21-40)54(51)41-22-9-3-10-23-41/h1-37,57H,(H,58,59,60). The van der Waals surface area contributed by atoms with E-state index in [1.54, 1.807) is 0 Å². The molecule has 9 aromatic carbocycles. The quantitative estimate of drug-likeness (QED) is 0.172. The van der Waals surface area contributed by atoms with Crippen molar-refractivity contribution in [3.05, 3.63) is 236 Å². The lowest BCUT2D eigenvalue weighted by Crippen LogP contribution is -2.36. The van der Waals surface area contributed by atoms with Gasteiger partial charge in [0.25, 0.3) is 0 Å². The Hall–Kier alpha value is -8.28. The number of nitrogens with zero attached hydrogens (tertiary/aromatic N) is 4. The van der Waals surface area contributed by atoms with Crippen molar-refractivity contribution in [3.8, 4) is 39.1 Å². The molecular weight excluding hydrogens is 755 g/mol. The fourth-order valence-corrected chi connectivity index (χ4v) is 9.36. The average molecular weight is 794 g/mol. The fourth-order valence-electron chi connectivity index (χ4n) is 9.36. The van der Waals surface area contributed by atoms with Crippen LogP contribution in [0.3, 0.4) is 0 Å². The van der Waals surface area contributed by atoms with Crippen molar-refractivity contribution in [1.29, 1.82) is 0 Å². The summed E-state index contributed by atoms with van der Waals surface area (Å²) >= 11 is 0. The molecule has 292 valence electrons. The number of benzene rings is 9. The first-order valence-electron chi connectivity index (χ1n) is 21.1. The van der Waals surface area contributed by atoms with Gasteiger partial charge in [0.05, 0.1) is 27.8 Å². The van der Waals surface area contributed by atoms with Crippen LogP contribution in [0.15, 0.2) is 234 Å². The molecule has 5 nitrogen and oxygen atoms in total. The number of amidine groups is 2. The SMILES string of the molecule is c1ccc(C2=NC(n3c4ccccc4c4cc5c6ccccc6n(-c6cccc(-c7ccccc7)c6-c6ccccc6)c5cc43)NC(c3ccc(-c4ccccc4)cc3)=N2)cc1. The molecule has 0 radical (unpaired) electrons. The average Bonchev–Trinajstić information content (AvgIpc) is 3.86. The van der Waals surface area contributed by atoms with Crippen LogP contribution in [0.2, 0.25) is 0 Å². The Morgan fingerprint density at radius 1 is 0.371 bits per heavy atom. The van der Waals surface area contributed by atoms with E-state index < -0.39 is 6.29 Å². The maximum Gasteiger partial charge on any atom is 0.204 e. The van der Waals surface area contributed by atoms with Crippen LogP contribution in [0.25, 0.3) is 82.7 Å². The van der Waals surface area contributed by atoms with E-state index in [1.807, 2.05) is 24.3 Å². The van der Waals surface area contributed by atoms with Gasteiger partial charge in [0, 0.05) is 38.2 Å². The van der Waals surface area contributed by atoms with Crippen molar-refractivity contribution in [2.45, 2.75) is 6.29 Å². The first kappa shape index (κ1) is 35.6. The van der Waals surface area contributed by atoms with Crippen LogP contribution in [-0.2, 0) is 0 Å². The number of para-hydroxylation sites is 2. The van der Waals surface area contributed by atoms with Crippen LogP contribution in [0.4, 0.5) is 0 Å². The molecule has 1 aliphatic heterocycles. The largest absolute Gasteiger partial charge is 0.331 e. The predicted octanol–water partition coefficient (Wildman–Crippen LogP) is 13.8. The lowest BCUT2D eigenvalue weighted by molar-refractivity contribution is 0.516. The summed E-state index contributed by atoms with van der Waals surface area (Å²) in [6.07, 6.45) is -0.495. The third-order valence-corrected chi connectivity index (χ3v) is 12.2. The van der Waals surface area contributed by atoms with Gasteiger partial charge in [0.1, 0.15) is 5.84 Å². The Morgan fingerprint density at radius 3 is 1.60 bits per heavy atom. The van der Waals surface area contributed by atoms with Crippen molar-refractivity contribution < 1.29 is 0 Å². The van der Waals surface area contributed by atoms with E-state index >= 15 is 0 Å². The molecule has 1 atom stereocenters. The second-order valence-electron chi connectivity index (χ2n) is 15.8. The van der Waals surface area contributed by atoms with Gasteiger partial charge >= 0.3 is 0 Å². The summed E-state index contributed by atoms with van der Waals surface area (Å²) in [5.41, 5.74) is 14.6. The maximum atomic E-state index is 5.41. The van der Waals surface area contributed by atoms with Gasteiger partial charge in [-0.1, -0.05) is 194 Å². The van der Waals surface area contributed by atoms with Gasteiger partial charge < -0.3 is 14.5 Å². The number of hydrogen-bond donors (Lipinski definition) is 1. The Kier molecular flexibility index (Phi) is 8.49. The number of nitrogens with one attached hydrogen (secondary N) is 1. The highest BCUT2D eigenvalue weighted by molar-refractivity contribution is 6.19. The minimum absolute atomic E-state index is 0.495. The minimum Gasteiger partial charge on any atom is -0.331 e. The van der Waals surface area contributed by atoms with Gasteiger partial charge in [0.15, 0.2) is 5.84 Å². The zero-order chi connectivity index (χ0) is 41.0. The normalized spacial score (nSPS) is 14.0. The van der Waals surface area contributed by atoms with Crippen LogP contribution in [0, 0.1) is 0 Å². The van der Waals surface area contributed by atoms with E-state index in [-0.39, 0.29) is 0 Å². The molecule has 2 aromatic heterocycles. The van der Waals surface area contributed by atoms with Gasteiger partial charge in [-0.15, -0.1) is 0 Å². The third-order valence-electron chi connectivity index (χ3n) is 12.2. The molecule has 11 aromatic rings. The Morgan fingerprint density at radius 2 is 0.903 bits per heavy atom. The molecule has 0 amide bonds. The van der Waals surface area contributed by atoms with Crippen LogP contribution in [0.1, 0.15) is 17.4 Å². The summed E-state index contributed by atoms with van der Waals surface area (Å²) < 4.78 is 4.83. The van der Waals surface area contributed by atoms with E-state index in [9.17, 15) is 0 Å². The summed E-state index contributed by atoms with van der Waals surface area (Å²) in [7, 11) is 0. The first-order chi connectivity index (χ1) is 30.8. The Bertz CT molecular complexity index is 3510. The second kappa shape index (κ2) is 14.8. The van der Waals surface area contributed by atoms with Gasteiger partial charge in [0.2, 0.25) is 6.29 Å². The molecule has 5 heteroatoms. The molecule has 0 bridgehead atoms. The van der Waals surface area contributed by atoms with Crippen LogP contribution in [0.5, 0.6) is 0 Å². The lowest BCUT2D eigenvalue weighted by Gasteiger charge is -2.26. The smallest absolute Gasteiger partial charge is 0.204 e. The molecule has 62 heavy (non-hydrogen) atoms.